The van der Waals surface area contributed by atoms with Crippen LogP contribution in [0.15, 0.2) is 18.2 Å². The van der Waals surface area contributed by atoms with Crippen molar-refractivity contribution in [2.24, 2.45) is 0 Å². The molecule has 1 aliphatic rings. The minimum absolute atomic E-state index is 0.218. The summed E-state index contributed by atoms with van der Waals surface area (Å²) in [5.41, 5.74) is -0.228. The summed E-state index contributed by atoms with van der Waals surface area (Å²) in [5.74, 6) is -1.08. The molecule has 1 unspecified atom stereocenters. The highest BCUT2D eigenvalue weighted by atomic mass is 32.2. The van der Waals surface area contributed by atoms with Gasteiger partial charge < -0.3 is 10.6 Å². The van der Waals surface area contributed by atoms with Crippen molar-refractivity contribution in [3.8, 4) is 0 Å². The van der Waals surface area contributed by atoms with Gasteiger partial charge in [0.05, 0.1) is 5.69 Å². The van der Waals surface area contributed by atoms with Crippen molar-refractivity contribution in [3.05, 3.63) is 29.8 Å². The second-order valence-corrected chi connectivity index (χ2v) is 5.21. The number of benzene rings is 1. The highest BCUT2D eigenvalue weighted by Crippen LogP contribution is 2.17. The number of carbonyl (C=O) groups is 2. The van der Waals surface area contributed by atoms with Crippen LogP contribution in [0.1, 0.15) is 6.42 Å². The second kappa shape index (κ2) is 6.01. The topological polar surface area (TPSA) is 58.2 Å². The maximum absolute atomic E-state index is 13.4. The van der Waals surface area contributed by atoms with E-state index in [-0.39, 0.29) is 11.6 Å². The molecule has 1 aromatic carbocycles. The summed E-state index contributed by atoms with van der Waals surface area (Å²) in [4.78, 5) is 23.2. The Bertz CT molecular complexity index is 511. The number of hydrogen-bond donors (Lipinski definition) is 2. The Kier molecular flexibility index (Phi) is 4.36. The lowest BCUT2D eigenvalue weighted by Gasteiger charge is -2.15. The summed E-state index contributed by atoms with van der Waals surface area (Å²) in [5, 5.41) is 4.83. The smallest absolute Gasteiger partial charge is 0.247 e. The van der Waals surface area contributed by atoms with Crippen LogP contribution in [0.5, 0.6) is 0 Å². The van der Waals surface area contributed by atoms with E-state index in [1.54, 1.807) is 0 Å². The van der Waals surface area contributed by atoms with E-state index in [2.05, 4.69) is 10.6 Å². The van der Waals surface area contributed by atoms with Gasteiger partial charge in [-0.1, -0.05) is 0 Å². The van der Waals surface area contributed by atoms with E-state index in [9.17, 15) is 18.4 Å². The third-order valence-corrected chi connectivity index (χ3v) is 3.66. The van der Waals surface area contributed by atoms with Crippen molar-refractivity contribution in [1.29, 1.82) is 0 Å². The van der Waals surface area contributed by atoms with Gasteiger partial charge in [-0.3, -0.25) is 9.59 Å². The molecule has 2 amide bonds. The van der Waals surface area contributed by atoms with Crippen LogP contribution in [0.3, 0.4) is 0 Å². The van der Waals surface area contributed by atoms with Crippen LogP contribution >= 0.6 is 11.8 Å². The first-order chi connectivity index (χ1) is 9.06. The van der Waals surface area contributed by atoms with Gasteiger partial charge in [-0.15, -0.1) is 0 Å². The highest BCUT2D eigenvalue weighted by Gasteiger charge is 2.24. The standard InChI is InChI=1S/C12H12F2N2O2S/c13-7-1-2-8(14)9(5-7)16-12(18)10-6-19-4-3-11(17)15-10/h1-2,5,10H,3-4,6H2,(H,15,17)(H,16,18). The fourth-order valence-electron chi connectivity index (χ4n) is 1.63. The van der Waals surface area contributed by atoms with E-state index < -0.39 is 23.6 Å². The molecule has 2 rings (SSSR count). The Morgan fingerprint density at radius 1 is 1.42 bits per heavy atom. The van der Waals surface area contributed by atoms with E-state index in [0.29, 0.717) is 17.9 Å². The molecule has 7 heteroatoms. The summed E-state index contributed by atoms with van der Waals surface area (Å²) in [6.07, 6.45) is 0.350. The minimum atomic E-state index is -0.734. The minimum Gasteiger partial charge on any atom is -0.343 e. The predicted molar refractivity (Wildman–Crippen MR) is 68.9 cm³/mol. The van der Waals surface area contributed by atoms with Gasteiger partial charge in [-0.2, -0.15) is 11.8 Å². The molecule has 0 bridgehead atoms. The van der Waals surface area contributed by atoms with Gasteiger partial charge >= 0.3 is 0 Å². The summed E-state index contributed by atoms with van der Waals surface area (Å²) >= 11 is 1.46. The van der Waals surface area contributed by atoms with Crippen LogP contribution in [0, 0.1) is 11.6 Å². The summed E-state index contributed by atoms with van der Waals surface area (Å²) in [6.45, 7) is 0. The Hall–Kier alpha value is -1.63. The molecule has 1 heterocycles. The third kappa shape index (κ3) is 3.66. The summed E-state index contributed by atoms with van der Waals surface area (Å²) in [6, 6.07) is 2.07. The molecule has 0 saturated carbocycles. The van der Waals surface area contributed by atoms with Gasteiger partial charge in [0.25, 0.3) is 0 Å². The molecule has 1 saturated heterocycles. The lowest BCUT2D eigenvalue weighted by Crippen LogP contribution is -2.44. The number of anilines is 1. The third-order valence-electron chi connectivity index (χ3n) is 2.60. The number of amides is 2. The van der Waals surface area contributed by atoms with Gasteiger partial charge in [-0.25, -0.2) is 8.78 Å². The van der Waals surface area contributed by atoms with Crippen molar-refractivity contribution < 1.29 is 18.4 Å². The molecule has 0 spiro atoms. The van der Waals surface area contributed by atoms with Crippen molar-refractivity contribution in [2.75, 3.05) is 16.8 Å². The first kappa shape index (κ1) is 13.8. The van der Waals surface area contributed by atoms with Gasteiger partial charge in [0.1, 0.15) is 17.7 Å². The van der Waals surface area contributed by atoms with E-state index in [4.69, 9.17) is 0 Å². The molecule has 4 nitrogen and oxygen atoms in total. The van der Waals surface area contributed by atoms with Crippen LogP contribution in [-0.4, -0.2) is 29.4 Å². The zero-order chi connectivity index (χ0) is 13.8. The average molecular weight is 286 g/mol. The number of nitrogens with one attached hydrogen (secondary N) is 2. The van der Waals surface area contributed by atoms with E-state index in [0.717, 1.165) is 18.2 Å². The molecule has 1 fully saturated rings. The lowest BCUT2D eigenvalue weighted by atomic mass is 10.2. The maximum atomic E-state index is 13.4. The number of hydrogen-bond acceptors (Lipinski definition) is 3. The zero-order valence-corrected chi connectivity index (χ0v) is 10.7. The maximum Gasteiger partial charge on any atom is 0.247 e. The molecular weight excluding hydrogens is 274 g/mol. The molecule has 2 N–H and O–H groups in total. The number of rotatable bonds is 2. The first-order valence-electron chi connectivity index (χ1n) is 5.69. The van der Waals surface area contributed by atoms with E-state index in [1.807, 2.05) is 0 Å². The predicted octanol–water partition coefficient (Wildman–Crippen LogP) is 1.52. The van der Waals surface area contributed by atoms with Crippen LogP contribution in [0.4, 0.5) is 14.5 Å². The highest BCUT2D eigenvalue weighted by molar-refractivity contribution is 7.99. The molecule has 0 radical (unpaired) electrons. The fourth-order valence-corrected chi connectivity index (χ4v) is 2.60. The van der Waals surface area contributed by atoms with Crippen LogP contribution in [0.2, 0.25) is 0 Å². The van der Waals surface area contributed by atoms with Crippen molar-refractivity contribution in [3.63, 3.8) is 0 Å². The molecular formula is C12H12F2N2O2S. The Morgan fingerprint density at radius 2 is 2.21 bits per heavy atom. The van der Waals surface area contributed by atoms with Crippen LogP contribution in [0.25, 0.3) is 0 Å². The number of thioether (sulfide) groups is 1. The lowest BCUT2D eigenvalue weighted by molar-refractivity contribution is -0.125. The molecule has 102 valence electrons. The van der Waals surface area contributed by atoms with Crippen molar-refractivity contribution >= 4 is 29.3 Å². The second-order valence-electron chi connectivity index (χ2n) is 4.06. The van der Waals surface area contributed by atoms with Crippen LogP contribution in [-0.2, 0) is 9.59 Å². The van der Waals surface area contributed by atoms with Gasteiger partial charge in [0.15, 0.2) is 0 Å². The molecule has 19 heavy (non-hydrogen) atoms. The van der Waals surface area contributed by atoms with Gasteiger partial charge in [-0.05, 0) is 12.1 Å². The molecule has 1 aromatic rings. The average Bonchev–Trinajstić information content (AvgIpc) is 2.58. The summed E-state index contributed by atoms with van der Waals surface area (Å²) < 4.78 is 26.4. The van der Waals surface area contributed by atoms with Crippen molar-refractivity contribution in [2.45, 2.75) is 12.5 Å². The fraction of sp³-hybridized carbons (Fsp3) is 0.333. The molecule has 0 aliphatic carbocycles. The molecule has 1 aliphatic heterocycles. The Morgan fingerprint density at radius 3 is 3.00 bits per heavy atom. The SMILES string of the molecule is O=C1CCSCC(C(=O)Nc2cc(F)ccc2F)N1. The Labute approximate surface area is 112 Å². The monoisotopic (exact) mass is 286 g/mol. The van der Waals surface area contributed by atoms with Gasteiger partial charge in [0.2, 0.25) is 11.8 Å². The van der Waals surface area contributed by atoms with Crippen LogP contribution < -0.4 is 10.6 Å². The zero-order valence-electron chi connectivity index (χ0n) is 9.91. The Balaban J connectivity index is 2.07. The number of halogens is 2. The largest absolute Gasteiger partial charge is 0.343 e. The molecule has 1 atom stereocenters. The van der Waals surface area contributed by atoms with E-state index in [1.165, 1.54) is 11.8 Å². The van der Waals surface area contributed by atoms with Gasteiger partial charge in [0, 0.05) is 24.0 Å². The normalized spacial score (nSPS) is 19.5. The molecule has 0 aromatic heterocycles. The van der Waals surface area contributed by atoms with Crippen molar-refractivity contribution in [1.82, 2.24) is 5.32 Å². The quantitative estimate of drug-likeness (QED) is 0.866. The summed E-state index contributed by atoms with van der Waals surface area (Å²) in [7, 11) is 0. The first-order valence-corrected chi connectivity index (χ1v) is 6.85. The number of carbonyl (C=O) groups excluding carboxylic acids is 2. The van der Waals surface area contributed by atoms with E-state index >= 15 is 0 Å².